The maximum absolute atomic E-state index is 12.7. The minimum Gasteiger partial charge on any atom is -0.744 e. The van der Waals surface area contributed by atoms with Gasteiger partial charge in [-0.25, -0.2) is 26.8 Å². The van der Waals surface area contributed by atoms with Gasteiger partial charge in [0.25, 0.3) is 0 Å². The van der Waals surface area contributed by atoms with Gasteiger partial charge in [0, 0.05) is 35.9 Å². The molecule has 0 saturated heterocycles. The predicted octanol–water partition coefficient (Wildman–Crippen LogP) is 2.57. The predicted molar refractivity (Wildman–Crippen MR) is 218 cm³/mol. The summed E-state index contributed by atoms with van der Waals surface area (Å²) in [6.45, 7) is 0. The van der Waals surface area contributed by atoms with Crippen molar-refractivity contribution < 1.29 is 94.5 Å². The summed E-state index contributed by atoms with van der Waals surface area (Å²) >= 11 is 0. The summed E-state index contributed by atoms with van der Waals surface area (Å²) in [5.41, 5.74) is 0.0431. The van der Waals surface area contributed by atoms with Crippen LogP contribution in [0.2, 0.25) is 0 Å². The molecule has 8 rings (SSSR count). The van der Waals surface area contributed by atoms with E-state index in [1.165, 1.54) is 60.9 Å². The van der Waals surface area contributed by atoms with Crippen LogP contribution in [0.3, 0.4) is 0 Å². The van der Waals surface area contributed by atoms with Crippen molar-refractivity contribution in [2.45, 2.75) is 0 Å². The van der Waals surface area contributed by atoms with Gasteiger partial charge in [0.05, 0.1) is 9.81 Å². The summed E-state index contributed by atoms with van der Waals surface area (Å²) in [5.74, 6) is 1.86. The van der Waals surface area contributed by atoms with Crippen LogP contribution >= 0.6 is 0 Å². The third-order valence-corrected chi connectivity index (χ3v) is 10.7. The van der Waals surface area contributed by atoms with Crippen LogP contribution in [0.4, 0.5) is 23.3 Å². The fourth-order valence-electron chi connectivity index (χ4n) is 6.07. The first-order chi connectivity index (χ1) is 27.9. The van der Waals surface area contributed by atoms with Crippen LogP contribution in [0.1, 0.15) is 11.1 Å². The van der Waals surface area contributed by atoms with Gasteiger partial charge in [-0.05, 0) is 81.2 Å². The number of anilines is 4. The van der Waals surface area contributed by atoms with Crippen LogP contribution in [-0.2, 0) is 20.2 Å². The van der Waals surface area contributed by atoms with Crippen LogP contribution in [-0.4, -0.2) is 45.9 Å². The van der Waals surface area contributed by atoms with E-state index in [0.29, 0.717) is 22.9 Å². The van der Waals surface area contributed by atoms with Gasteiger partial charge in [-0.15, -0.1) is 0 Å². The smallest absolute Gasteiger partial charge is 0.744 e. The van der Waals surface area contributed by atoms with Crippen molar-refractivity contribution in [3.63, 3.8) is 0 Å². The molecule has 0 amide bonds. The maximum atomic E-state index is 12.7. The van der Waals surface area contributed by atoms with Crippen molar-refractivity contribution in [2.24, 2.45) is 0 Å². The summed E-state index contributed by atoms with van der Waals surface area (Å²) in [6, 6.07) is 40.2. The fourth-order valence-corrected chi connectivity index (χ4v) is 8.22. The zero-order valence-corrected chi connectivity index (χ0v) is 37.5. The molecule has 288 valence electrons. The molecule has 0 bridgehead atoms. The Morgan fingerprint density at radius 1 is 0.467 bits per heavy atom. The summed E-state index contributed by atoms with van der Waals surface area (Å²) in [6.07, 6.45) is 2.95. The van der Waals surface area contributed by atoms with Crippen molar-refractivity contribution >= 4 is 74.9 Å². The largest absolute Gasteiger partial charge is 1.00 e. The number of ether oxygens (including phenoxy) is 2. The van der Waals surface area contributed by atoms with Crippen LogP contribution in [0.5, 0.6) is 23.3 Å². The average molecular weight is 855 g/mol. The molecule has 0 fully saturated rings. The Morgan fingerprint density at radius 3 is 1.20 bits per heavy atom. The second kappa shape index (κ2) is 19.0. The number of fused-ring (bicyclic) bond motifs is 2. The molecule has 2 heterocycles. The molecule has 0 aliphatic rings. The number of nitrogens with zero attached hydrogens (tertiary/aromatic N) is 4. The van der Waals surface area contributed by atoms with Crippen molar-refractivity contribution in [2.75, 3.05) is 10.6 Å². The Morgan fingerprint density at radius 2 is 0.833 bits per heavy atom. The second-order valence-electron chi connectivity index (χ2n) is 12.6. The molecule has 6 aromatic carbocycles. The van der Waals surface area contributed by atoms with Gasteiger partial charge in [-0.3, -0.25) is 0 Å². The Kier molecular flexibility index (Phi) is 14.0. The van der Waals surface area contributed by atoms with Gasteiger partial charge in [0.2, 0.25) is 23.7 Å². The molecule has 0 saturated carbocycles. The van der Waals surface area contributed by atoms with E-state index >= 15 is 0 Å². The first-order valence-corrected chi connectivity index (χ1v) is 20.2. The van der Waals surface area contributed by atoms with Gasteiger partial charge >= 0.3 is 59.1 Å². The van der Waals surface area contributed by atoms with E-state index in [2.05, 4.69) is 30.6 Å². The second-order valence-corrected chi connectivity index (χ2v) is 15.3. The maximum Gasteiger partial charge on any atom is 1.00 e. The van der Waals surface area contributed by atoms with E-state index in [9.17, 15) is 25.9 Å². The van der Waals surface area contributed by atoms with Gasteiger partial charge < -0.3 is 29.2 Å². The van der Waals surface area contributed by atoms with E-state index < -0.39 is 30.0 Å². The molecule has 2 N–H and O–H groups in total. The zero-order chi connectivity index (χ0) is 40.3. The van der Waals surface area contributed by atoms with Crippen molar-refractivity contribution in [1.29, 1.82) is 0 Å². The zero-order valence-electron chi connectivity index (χ0n) is 31.9. The molecule has 0 radical (unpaired) electrons. The summed E-state index contributed by atoms with van der Waals surface area (Å²) in [7, 11) is -11.1. The van der Waals surface area contributed by atoms with E-state index in [0.717, 1.165) is 21.5 Å². The first kappa shape index (κ1) is 44.3. The first-order valence-electron chi connectivity index (χ1n) is 17.4. The van der Waals surface area contributed by atoms with Crippen LogP contribution < -0.4 is 79.2 Å². The van der Waals surface area contributed by atoms with Crippen molar-refractivity contribution in [3.8, 4) is 23.3 Å². The van der Waals surface area contributed by atoms with Gasteiger partial charge in [-0.2, -0.15) is 9.97 Å². The molecule has 0 unspecified atom stereocenters. The number of hydrogen-bond donors (Lipinski definition) is 2. The van der Waals surface area contributed by atoms with Crippen LogP contribution in [0.15, 0.2) is 158 Å². The van der Waals surface area contributed by atoms with E-state index in [4.69, 9.17) is 9.47 Å². The molecule has 8 aromatic rings. The quantitative estimate of drug-likeness (QED) is 0.103. The normalized spacial score (nSPS) is 11.8. The number of nitrogens with one attached hydrogen (secondary N) is 2. The molecule has 60 heavy (non-hydrogen) atoms. The third-order valence-electron chi connectivity index (χ3n) is 8.66. The van der Waals surface area contributed by atoms with Gasteiger partial charge in [-0.1, -0.05) is 84.9 Å². The van der Waals surface area contributed by atoms with E-state index in [-0.39, 0.29) is 93.9 Å². The molecule has 0 spiro atoms. The molecule has 0 aliphatic carbocycles. The minimum atomic E-state index is -5.53. The fraction of sp³-hybridized carbons (Fsp3) is 0. The molecule has 0 aliphatic heterocycles. The van der Waals surface area contributed by atoms with Crippen molar-refractivity contribution in [3.05, 3.63) is 169 Å². The molecule has 0 atom stereocenters. The van der Waals surface area contributed by atoms with Gasteiger partial charge in [0.1, 0.15) is 31.7 Å². The van der Waals surface area contributed by atoms with Crippen LogP contribution in [0.25, 0.3) is 31.4 Å². The third kappa shape index (κ3) is 10.7. The Hall–Kier alpha value is -5.24. The van der Waals surface area contributed by atoms with Crippen molar-refractivity contribution in [1.82, 2.24) is 19.9 Å². The summed E-state index contributed by atoms with van der Waals surface area (Å²) < 4.78 is 87.8. The van der Waals surface area contributed by atoms with Gasteiger partial charge in [0.15, 0.2) is 0 Å². The Labute approximate surface area is 388 Å². The molecular weight excluding hydrogens is 827 g/mol. The Bertz CT molecular complexity index is 2880. The van der Waals surface area contributed by atoms with Crippen LogP contribution in [0, 0.1) is 0 Å². The van der Waals surface area contributed by atoms with E-state index in [1.807, 2.05) is 84.9 Å². The standard InChI is InChI=1S/C42H30N6O8S2.2Na/c49-57(50,51)39(29-9-15-33(16-10-29)45-41-43-23-21-37(47-41)55-35-19-13-27-5-1-3-7-31(27)25-35)40(58(52,53)54)30-11-17-34(18-12-30)46-42-44-24-22-38(48-42)56-36-20-14-28-6-2-4-8-32(28)26-36;;/h1-26H,(H,43,45,47)(H,44,46,48)(H,49,50,51)(H,52,53,54);;/q;2*+1/p-2. The molecule has 2 aromatic heterocycles. The number of benzene rings is 6. The Balaban J connectivity index is 0.00000302. The number of aromatic nitrogens is 4. The SMILES string of the molecule is O=S(=O)([O-])C(=C(c1ccc(Nc2nccc(Oc3ccc4ccccc4c3)n2)cc1)S(=O)(=O)[O-])c1ccc(Nc2nccc(Oc3ccc4ccccc4c3)n2)cc1.[Na+].[Na+]. The number of rotatable bonds is 12. The molecule has 18 heteroatoms. The summed E-state index contributed by atoms with van der Waals surface area (Å²) in [4.78, 5) is 14.7. The molecule has 14 nitrogen and oxygen atoms in total. The molecular formula is C42H28N6Na2O8S2. The topological polar surface area (TPSA) is 208 Å². The summed E-state index contributed by atoms with van der Waals surface area (Å²) in [5, 5.41) is 9.98. The number of hydrogen-bond acceptors (Lipinski definition) is 14. The minimum absolute atomic E-state index is 0. The average Bonchev–Trinajstić information content (AvgIpc) is 3.20. The van der Waals surface area contributed by atoms with E-state index in [1.54, 1.807) is 12.1 Å². The monoisotopic (exact) mass is 854 g/mol.